The van der Waals surface area contributed by atoms with Crippen LogP contribution in [-0.4, -0.2) is 23.1 Å². The summed E-state index contributed by atoms with van der Waals surface area (Å²) in [7, 11) is 2.13. The van der Waals surface area contributed by atoms with Gasteiger partial charge >= 0.3 is 0 Å². The zero-order valence-corrected chi connectivity index (χ0v) is 12.6. The second kappa shape index (κ2) is 6.33. The van der Waals surface area contributed by atoms with Crippen LogP contribution in [0.5, 0.6) is 0 Å². The van der Waals surface area contributed by atoms with Gasteiger partial charge in [-0.2, -0.15) is 0 Å². The smallest absolute Gasteiger partial charge is 0.129 e. The van der Waals surface area contributed by atoms with E-state index in [0.29, 0.717) is 16.7 Å². The predicted octanol–water partition coefficient (Wildman–Crippen LogP) is 3.12. The van der Waals surface area contributed by atoms with E-state index >= 15 is 0 Å². The molecule has 19 heavy (non-hydrogen) atoms. The molecule has 0 saturated heterocycles. The number of hydrogen-bond acceptors (Lipinski definition) is 3. The number of pyridine rings is 1. The van der Waals surface area contributed by atoms with E-state index in [1.54, 1.807) is 0 Å². The fourth-order valence-corrected chi connectivity index (χ4v) is 3.00. The lowest BCUT2D eigenvalue weighted by Gasteiger charge is -2.35. The quantitative estimate of drug-likeness (QED) is 0.859. The van der Waals surface area contributed by atoms with Gasteiger partial charge in [0.2, 0.25) is 0 Å². The molecule has 1 saturated carbocycles. The molecule has 1 heterocycles. The number of aromatic nitrogens is 1. The maximum absolute atomic E-state index is 5.65. The zero-order valence-electron chi connectivity index (χ0n) is 11.8. The number of hydrogen-bond donors (Lipinski definition) is 1. The number of nitrogens with zero attached hydrogens (tertiary/aromatic N) is 2. The van der Waals surface area contributed by atoms with Gasteiger partial charge in [0, 0.05) is 13.1 Å². The minimum absolute atomic E-state index is 0.366. The van der Waals surface area contributed by atoms with E-state index in [9.17, 15) is 0 Å². The second-order valence-electron chi connectivity index (χ2n) is 5.44. The van der Waals surface area contributed by atoms with Crippen molar-refractivity contribution in [1.82, 2.24) is 4.98 Å². The van der Waals surface area contributed by atoms with Gasteiger partial charge in [0.15, 0.2) is 0 Å². The lowest BCUT2D eigenvalue weighted by atomic mass is 9.84. The monoisotopic (exact) mass is 277 g/mol. The number of anilines is 1. The molecule has 3 nitrogen and oxygen atoms in total. The van der Waals surface area contributed by atoms with Crippen LogP contribution in [0.3, 0.4) is 0 Å². The van der Waals surface area contributed by atoms with Crippen molar-refractivity contribution in [1.29, 1.82) is 0 Å². The lowest BCUT2D eigenvalue weighted by Crippen LogP contribution is -2.35. The van der Waals surface area contributed by atoms with Crippen molar-refractivity contribution in [2.45, 2.75) is 45.1 Å². The van der Waals surface area contributed by atoms with Crippen molar-refractivity contribution < 1.29 is 0 Å². The van der Waals surface area contributed by atoms with Crippen LogP contribution in [-0.2, 0) is 0 Å². The summed E-state index contributed by atoms with van der Waals surface area (Å²) >= 11 is 4.99. The molecule has 0 amide bonds. The van der Waals surface area contributed by atoms with Crippen molar-refractivity contribution in [2.24, 2.45) is 11.7 Å². The van der Waals surface area contributed by atoms with Crippen LogP contribution in [0.1, 0.15) is 44.7 Å². The highest BCUT2D eigenvalue weighted by Crippen LogP contribution is 2.30. The van der Waals surface area contributed by atoms with Gasteiger partial charge in [0.05, 0.1) is 5.69 Å². The van der Waals surface area contributed by atoms with Gasteiger partial charge in [-0.25, -0.2) is 4.98 Å². The average molecular weight is 277 g/mol. The first kappa shape index (κ1) is 14.3. The minimum Gasteiger partial charge on any atom is -0.388 e. The van der Waals surface area contributed by atoms with Crippen LogP contribution in [0.25, 0.3) is 0 Å². The lowest BCUT2D eigenvalue weighted by molar-refractivity contribution is 0.313. The van der Waals surface area contributed by atoms with E-state index in [4.69, 9.17) is 18.0 Å². The molecule has 0 atom stereocenters. The Morgan fingerprint density at radius 2 is 2.05 bits per heavy atom. The van der Waals surface area contributed by atoms with Crippen LogP contribution in [0, 0.1) is 5.92 Å². The van der Waals surface area contributed by atoms with Gasteiger partial charge < -0.3 is 10.6 Å². The Balaban J connectivity index is 2.05. The second-order valence-corrected chi connectivity index (χ2v) is 5.88. The SMILES string of the molecule is CCC1CCC(N(C)c2cccc(C(N)=S)n2)CC1. The molecule has 1 aromatic heterocycles. The van der Waals surface area contributed by atoms with Crippen LogP contribution in [0.2, 0.25) is 0 Å². The topological polar surface area (TPSA) is 42.1 Å². The molecular weight excluding hydrogens is 254 g/mol. The third kappa shape index (κ3) is 3.44. The molecule has 4 heteroatoms. The molecule has 1 fully saturated rings. The van der Waals surface area contributed by atoms with Gasteiger partial charge in [0.1, 0.15) is 10.8 Å². The third-order valence-electron chi connectivity index (χ3n) is 4.29. The predicted molar refractivity (Wildman–Crippen MR) is 84.6 cm³/mol. The largest absolute Gasteiger partial charge is 0.388 e. The molecule has 1 aliphatic carbocycles. The fourth-order valence-electron chi connectivity index (χ4n) is 2.88. The van der Waals surface area contributed by atoms with E-state index in [1.807, 2.05) is 18.2 Å². The van der Waals surface area contributed by atoms with Crippen LogP contribution in [0.4, 0.5) is 5.82 Å². The van der Waals surface area contributed by atoms with E-state index in [1.165, 1.54) is 32.1 Å². The van der Waals surface area contributed by atoms with Crippen molar-refractivity contribution in [3.63, 3.8) is 0 Å². The summed E-state index contributed by atoms with van der Waals surface area (Å²) in [5.41, 5.74) is 6.36. The Labute approximate surface area is 121 Å². The molecular formula is C15H23N3S. The van der Waals surface area contributed by atoms with Crippen LogP contribution >= 0.6 is 12.2 Å². The van der Waals surface area contributed by atoms with Gasteiger partial charge in [0.25, 0.3) is 0 Å². The molecule has 104 valence electrons. The van der Waals surface area contributed by atoms with Crippen molar-refractivity contribution in [3.8, 4) is 0 Å². The van der Waals surface area contributed by atoms with Gasteiger partial charge in [-0.15, -0.1) is 0 Å². The molecule has 0 aromatic carbocycles. The Morgan fingerprint density at radius 1 is 1.37 bits per heavy atom. The van der Waals surface area contributed by atoms with Crippen molar-refractivity contribution in [2.75, 3.05) is 11.9 Å². The Kier molecular flexibility index (Phi) is 4.75. The van der Waals surface area contributed by atoms with E-state index < -0.39 is 0 Å². The number of thiocarbonyl (C=S) groups is 1. The summed E-state index contributed by atoms with van der Waals surface area (Å²) in [6.45, 7) is 2.29. The van der Waals surface area contributed by atoms with E-state index in [2.05, 4.69) is 23.9 Å². The first-order valence-corrected chi connectivity index (χ1v) is 7.52. The van der Waals surface area contributed by atoms with Gasteiger partial charge in [-0.05, 0) is 43.7 Å². The first-order valence-electron chi connectivity index (χ1n) is 7.11. The normalized spacial score (nSPS) is 23.1. The molecule has 0 radical (unpaired) electrons. The Morgan fingerprint density at radius 3 is 2.63 bits per heavy atom. The van der Waals surface area contributed by atoms with Crippen molar-refractivity contribution in [3.05, 3.63) is 23.9 Å². The Hall–Kier alpha value is -1.16. The molecule has 0 unspecified atom stereocenters. The first-order chi connectivity index (χ1) is 9.11. The van der Waals surface area contributed by atoms with Crippen molar-refractivity contribution >= 4 is 23.0 Å². The molecule has 0 bridgehead atoms. The maximum atomic E-state index is 5.65. The highest BCUT2D eigenvalue weighted by atomic mass is 32.1. The maximum Gasteiger partial charge on any atom is 0.129 e. The highest BCUT2D eigenvalue weighted by Gasteiger charge is 2.23. The summed E-state index contributed by atoms with van der Waals surface area (Å²) in [4.78, 5) is 7.20. The standard InChI is InChI=1S/C15H23N3S/c1-3-11-7-9-12(10-8-11)18(2)14-6-4-5-13(17-14)15(16)19/h4-6,11-12H,3,7-10H2,1-2H3,(H2,16,19). The minimum atomic E-state index is 0.366. The van der Waals surface area contributed by atoms with Gasteiger partial charge in [-0.3, -0.25) is 0 Å². The number of nitrogens with two attached hydrogens (primary N) is 1. The molecule has 2 N–H and O–H groups in total. The number of rotatable bonds is 4. The summed E-state index contributed by atoms with van der Waals surface area (Å²) in [6, 6.07) is 6.48. The zero-order chi connectivity index (χ0) is 13.8. The molecule has 1 aliphatic rings. The summed E-state index contributed by atoms with van der Waals surface area (Å²) in [5.74, 6) is 1.89. The van der Waals surface area contributed by atoms with Crippen LogP contribution in [0.15, 0.2) is 18.2 Å². The van der Waals surface area contributed by atoms with Gasteiger partial charge in [-0.1, -0.05) is 31.6 Å². The molecule has 0 aliphatic heterocycles. The van der Waals surface area contributed by atoms with E-state index in [0.717, 1.165) is 11.7 Å². The van der Waals surface area contributed by atoms with E-state index in [-0.39, 0.29) is 0 Å². The summed E-state index contributed by atoms with van der Waals surface area (Å²) in [5, 5.41) is 0. The summed E-state index contributed by atoms with van der Waals surface area (Å²) in [6.07, 6.45) is 6.49. The summed E-state index contributed by atoms with van der Waals surface area (Å²) < 4.78 is 0. The highest BCUT2D eigenvalue weighted by molar-refractivity contribution is 7.80. The third-order valence-corrected chi connectivity index (χ3v) is 4.50. The molecule has 2 rings (SSSR count). The average Bonchev–Trinajstić information content (AvgIpc) is 2.46. The van der Waals surface area contributed by atoms with Crippen LogP contribution < -0.4 is 10.6 Å². The molecule has 1 aromatic rings. The molecule has 0 spiro atoms. The Bertz CT molecular complexity index is 439. The fraction of sp³-hybridized carbons (Fsp3) is 0.600.